The summed E-state index contributed by atoms with van der Waals surface area (Å²) >= 11 is 1.68. The molecule has 0 bridgehead atoms. The zero-order valence-corrected chi connectivity index (χ0v) is 14.5. The minimum Gasteiger partial charge on any atom is -0.297 e. The van der Waals surface area contributed by atoms with E-state index in [1.54, 1.807) is 11.3 Å². The average molecular weight is 338 g/mol. The zero-order valence-electron chi connectivity index (χ0n) is 13.7. The molecule has 0 spiro atoms. The van der Waals surface area contributed by atoms with Gasteiger partial charge in [0.25, 0.3) is 0 Å². The Balaban J connectivity index is 1.33. The molecule has 1 aliphatic heterocycles. The Hall–Kier alpha value is -1.95. The summed E-state index contributed by atoms with van der Waals surface area (Å²) in [6.45, 7) is 6.56. The van der Waals surface area contributed by atoms with Gasteiger partial charge in [0.05, 0.1) is 0 Å². The van der Waals surface area contributed by atoms with Gasteiger partial charge in [0.1, 0.15) is 0 Å². The van der Waals surface area contributed by atoms with E-state index < -0.39 is 0 Å². The molecule has 2 aromatic heterocycles. The second-order valence-corrected chi connectivity index (χ2v) is 7.10. The van der Waals surface area contributed by atoms with Crippen LogP contribution in [0.15, 0.2) is 60.2 Å². The molecule has 3 heterocycles. The quantitative estimate of drug-likeness (QED) is 0.714. The van der Waals surface area contributed by atoms with E-state index in [0.29, 0.717) is 0 Å². The minimum atomic E-state index is 0.992. The van der Waals surface area contributed by atoms with Gasteiger partial charge in [0.2, 0.25) is 0 Å². The molecule has 0 amide bonds. The van der Waals surface area contributed by atoms with Crippen molar-refractivity contribution < 1.29 is 0 Å². The highest BCUT2D eigenvalue weighted by Crippen LogP contribution is 2.17. The van der Waals surface area contributed by atoms with Crippen LogP contribution in [0.1, 0.15) is 11.3 Å². The highest BCUT2D eigenvalue weighted by molar-refractivity contribution is 7.12. The van der Waals surface area contributed by atoms with Crippen molar-refractivity contribution in [1.29, 1.82) is 0 Å². The third-order valence-electron chi connectivity index (χ3n) is 4.56. The van der Waals surface area contributed by atoms with Gasteiger partial charge in [-0.2, -0.15) is 0 Å². The Kier molecular flexibility index (Phi) is 4.74. The van der Waals surface area contributed by atoms with Crippen LogP contribution in [0, 0.1) is 0 Å². The van der Waals surface area contributed by atoms with Crippen molar-refractivity contribution in [3.05, 3.63) is 71.5 Å². The van der Waals surface area contributed by atoms with E-state index in [0.717, 1.165) is 44.4 Å². The third kappa shape index (κ3) is 3.59. The van der Waals surface area contributed by atoms with E-state index in [1.807, 2.05) is 11.6 Å². The molecule has 124 valence electrons. The van der Waals surface area contributed by atoms with Crippen LogP contribution in [0.25, 0.3) is 5.13 Å². The number of piperazine rings is 1. The Bertz CT molecular complexity index is 743. The summed E-state index contributed by atoms with van der Waals surface area (Å²) in [6, 6.07) is 15.1. The van der Waals surface area contributed by atoms with Crippen molar-refractivity contribution in [2.45, 2.75) is 13.1 Å². The molecule has 0 saturated carbocycles. The summed E-state index contributed by atoms with van der Waals surface area (Å²) in [6.07, 6.45) is 3.98. The van der Waals surface area contributed by atoms with Gasteiger partial charge in [-0.15, -0.1) is 11.3 Å². The molecule has 4 nitrogen and oxygen atoms in total. The lowest BCUT2D eigenvalue weighted by Crippen LogP contribution is -2.45. The lowest BCUT2D eigenvalue weighted by molar-refractivity contribution is 0.120. The van der Waals surface area contributed by atoms with E-state index in [9.17, 15) is 0 Å². The zero-order chi connectivity index (χ0) is 16.2. The summed E-state index contributed by atoms with van der Waals surface area (Å²) in [7, 11) is 0. The van der Waals surface area contributed by atoms with Gasteiger partial charge in [0, 0.05) is 62.7 Å². The number of nitrogens with zero attached hydrogens (tertiary/aromatic N) is 4. The summed E-state index contributed by atoms with van der Waals surface area (Å²) in [5, 5.41) is 3.08. The van der Waals surface area contributed by atoms with Gasteiger partial charge in [0.15, 0.2) is 5.13 Å². The van der Waals surface area contributed by atoms with Crippen LogP contribution in [0.3, 0.4) is 0 Å². The van der Waals surface area contributed by atoms with Crippen LogP contribution in [0.2, 0.25) is 0 Å². The van der Waals surface area contributed by atoms with Gasteiger partial charge in [-0.25, -0.2) is 4.98 Å². The predicted molar refractivity (Wildman–Crippen MR) is 98.4 cm³/mol. The monoisotopic (exact) mass is 338 g/mol. The van der Waals surface area contributed by atoms with E-state index in [2.05, 4.69) is 68.0 Å². The maximum absolute atomic E-state index is 4.43. The fraction of sp³-hybridized carbons (Fsp3) is 0.316. The second-order valence-electron chi connectivity index (χ2n) is 6.22. The summed E-state index contributed by atoms with van der Waals surface area (Å²) in [5.74, 6) is 0. The molecule has 1 saturated heterocycles. The lowest BCUT2D eigenvalue weighted by atomic mass is 10.2. The molecule has 24 heavy (non-hydrogen) atoms. The smallest absolute Gasteiger partial charge is 0.193 e. The van der Waals surface area contributed by atoms with Crippen molar-refractivity contribution in [1.82, 2.24) is 19.4 Å². The normalized spacial score (nSPS) is 16.5. The molecule has 0 unspecified atom stereocenters. The molecule has 4 rings (SSSR count). The molecule has 0 N–H and O–H groups in total. The van der Waals surface area contributed by atoms with Gasteiger partial charge >= 0.3 is 0 Å². The molecule has 0 atom stereocenters. The minimum absolute atomic E-state index is 0.992. The Labute approximate surface area is 147 Å². The molecular formula is C19H22N4S. The highest BCUT2D eigenvalue weighted by atomic mass is 32.1. The maximum atomic E-state index is 4.43. The van der Waals surface area contributed by atoms with Crippen LogP contribution < -0.4 is 0 Å². The summed E-state index contributed by atoms with van der Waals surface area (Å²) in [5.41, 5.74) is 2.73. The van der Waals surface area contributed by atoms with Crippen molar-refractivity contribution in [3.63, 3.8) is 0 Å². The number of thiazole rings is 1. The van der Waals surface area contributed by atoms with Gasteiger partial charge in [-0.3, -0.25) is 14.4 Å². The van der Waals surface area contributed by atoms with Crippen molar-refractivity contribution in [2.75, 3.05) is 26.2 Å². The molecule has 5 heteroatoms. The average Bonchev–Trinajstić information content (AvgIpc) is 3.29. The maximum Gasteiger partial charge on any atom is 0.193 e. The highest BCUT2D eigenvalue weighted by Gasteiger charge is 2.18. The van der Waals surface area contributed by atoms with Crippen LogP contribution in [0.5, 0.6) is 0 Å². The molecule has 3 aromatic rings. The number of aromatic nitrogens is 2. The van der Waals surface area contributed by atoms with Gasteiger partial charge in [-0.05, 0) is 17.7 Å². The standard InChI is InChI=1S/C19H22N4S/c1-2-5-17(6-3-1)15-21-10-12-22(13-11-21)16-18-7-4-9-23(18)19-20-8-14-24-19/h1-9,14H,10-13,15-16H2. The fourth-order valence-electron chi connectivity index (χ4n) is 3.24. The molecule has 1 aromatic carbocycles. The van der Waals surface area contributed by atoms with Crippen LogP contribution >= 0.6 is 11.3 Å². The van der Waals surface area contributed by atoms with Crippen molar-refractivity contribution in [2.24, 2.45) is 0 Å². The summed E-state index contributed by atoms with van der Waals surface area (Å²) < 4.78 is 2.21. The SMILES string of the molecule is c1ccc(CN2CCN(Cc3cccn3-c3nccs3)CC2)cc1. The first-order chi connectivity index (χ1) is 11.9. The number of hydrogen-bond acceptors (Lipinski definition) is 4. The number of benzene rings is 1. The van der Waals surface area contributed by atoms with Crippen molar-refractivity contribution >= 4 is 11.3 Å². The molecule has 1 aliphatic rings. The first kappa shape index (κ1) is 15.6. The third-order valence-corrected chi connectivity index (χ3v) is 5.33. The second kappa shape index (κ2) is 7.30. The van der Waals surface area contributed by atoms with E-state index >= 15 is 0 Å². The molecule has 0 radical (unpaired) electrons. The predicted octanol–water partition coefficient (Wildman–Crippen LogP) is 3.25. The largest absolute Gasteiger partial charge is 0.297 e. The molecular weight excluding hydrogens is 316 g/mol. The molecule has 0 aliphatic carbocycles. The van der Waals surface area contributed by atoms with E-state index in [-0.39, 0.29) is 0 Å². The number of rotatable bonds is 5. The lowest BCUT2D eigenvalue weighted by Gasteiger charge is -2.34. The van der Waals surface area contributed by atoms with Crippen LogP contribution in [-0.2, 0) is 13.1 Å². The molecule has 1 fully saturated rings. The van der Waals surface area contributed by atoms with E-state index in [1.165, 1.54) is 11.3 Å². The topological polar surface area (TPSA) is 24.3 Å². The number of hydrogen-bond donors (Lipinski definition) is 0. The van der Waals surface area contributed by atoms with Crippen LogP contribution in [-0.4, -0.2) is 45.5 Å². The van der Waals surface area contributed by atoms with Gasteiger partial charge in [-0.1, -0.05) is 30.3 Å². The first-order valence-electron chi connectivity index (χ1n) is 8.43. The van der Waals surface area contributed by atoms with Crippen molar-refractivity contribution in [3.8, 4) is 5.13 Å². The summed E-state index contributed by atoms with van der Waals surface area (Å²) in [4.78, 5) is 9.52. The van der Waals surface area contributed by atoms with Gasteiger partial charge < -0.3 is 0 Å². The Morgan fingerprint density at radius 1 is 0.875 bits per heavy atom. The van der Waals surface area contributed by atoms with E-state index in [4.69, 9.17) is 0 Å². The Morgan fingerprint density at radius 3 is 2.33 bits per heavy atom. The first-order valence-corrected chi connectivity index (χ1v) is 9.31. The van der Waals surface area contributed by atoms with Crippen LogP contribution in [0.4, 0.5) is 0 Å². The fourth-order valence-corrected chi connectivity index (χ4v) is 3.90. The Morgan fingerprint density at radius 2 is 1.62 bits per heavy atom.